The molecule has 0 spiro atoms. The van der Waals surface area contributed by atoms with Gasteiger partial charge < -0.3 is 0 Å². The van der Waals surface area contributed by atoms with Gasteiger partial charge in [-0.1, -0.05) is 41.9 Å². The number of carbonyl (C=O) groups is 2. The number of hydrogen-bond acceptors (Lipinski definition) is 4. The van der Waals surface area contributed by atoms with Gasteiger partial charge in [0, 0.05) is 6.20 Å². The van der Waals surface area contributed by atoms with Crippen molar-refractivity contribution in [2.24, 2.45) is 0 Å². The molecular formula is C22H15ClN4O2. The van der Waals surface area contributed by atoms with Gasteiger partial charge in [0.05, 0.1) is 38.6 Å². The predicted molar refractivity (Wildman–Crippen MR) is 111 cm³/mol. The molecule has 0 aliphatic carbocycles. The van der Waals surface area contributed by atoms with Crippen molar-refractivity contribution >= 4 is 40.1 Å². The van der Waals surface area contributed by atoms with E-state index < -0.39 is 11.8 Å². The van der Waals surface area contributed by atoms with Gasteiger partial charge in [0.1, 0.15) is 0 Å². The lowest BCUT2D eigenvalue weighted by atomic mass is 10.1. The summed E-state index contributed by atoms with van der Waals surface area (Å²) in [5.41, 5.74) is 4.01. The Hall–Kier alpha value is -3.51. The lowest BCUT2D eigenvalue weighted by Crippen LogP contribution is -2.29. The highest BCUT2D eigenvalue weighted by Crippen LogP contribution is 2.37. The van der Waals surface area contributed by atoms with Crippen LogP contribution in [-0.2, 0) is 0 Å². The first kappa shape index (κ1) is 17.6. The zero-order valence-electron chi connectivity index (χ0n) is 15.7. The van der Waals surface area contributed by atoms with Crippen LogP contribution in [0.2, 0.25) is 5.02 Å². The van der Waals surface area contributed by atoms with Gasteiger partial charge in [-0.3, -0.25) is 9.59 Å². The van der Waals surface area contributed by atoms with Gasteiger partial charge in [-0.25, -0.2) is 14.6 Å². The Labute approximate surface area is 171 Å². The van der Waals surface area contributed by atoms with E-state index in [2.05, 4.69) is 10.1 Å². The van der Waals surface area contributed by atoms with Gasteiger partial charge in [-0.05, 0) is 37.6 Å². The van der Waals surface area contributed by atoms with Crippen molar-refractivity contribution in [3.8, 4) is 5.69 Å². The number of amides is 2. The van der Waals surface area contributed by atoms with Gasteiger partial charge in [-0.2, -0.15) is 5.10 Å². The average molecular weight is 403 g/mol. The van der Waals surface area contributed by atoms with Gasteiger partial charge in [0.15, 0.2) is 5.65 Å². The Kier molecular flexibility index (Phi) is 3.79. The fraction of sp³-hybridized carbons (Fsp3) is 0.0909. The quantitative estimate of drug-likeness (QED) is 0.463. The van der Waals surface area contributed by atoms with Crippen molar-refractivity contribution in [3.63, 3.8) is 0 Å². The summed E-state index contributed by atoms with van der Waals surface area (Å²) in [7, 11) is 0. The second kappa shape index (κ2) is 6.25. The number of hydrogen-bond donors (Lipinski definition) is 0. The maximum Gasteiger partial charge on any atom is 0.267 e. The summed E-state index contributed by atoms with van der Waals surface area (Å²) in [4.78, 5) is 31.9. The zero-order chi connectivity index (χ0) is 20.3. The SMILES string of the molecule is Cc1ccccc1-n1nc(C)c2c3c(cnc21)C(=O)N(c1ccccc1Cl)C3=O. The molecule has 0 bridgehead atoms. The molecule has 0 N–H and O–H groups in total. The van der Waals surface area contributed by atoms with E-state index in [4.69, 9.17) is 11.6 Å². The number of benzene rings is 2. The predicted octanol–water partition coefficient (Wildman–Crippen LogP) is 4.49. The van der Waals surface area contributed by atoms with Gasteiger partial charge in [0.2, 0.25) is 0 Å². The molecule has 3 heterocycles. The summed E-state index contributed by atoms with van der Waals surface area (Å²) in [5.74, 6) is -0.853. The van der Waals surface area contributed by atoms with Crippen LogP contribution in [0.1, 0.15) is 32.0 Å². The van der Waals surface area contributed by atoms with E-state index in [1.165, 1.54) is 6.20 Å². The highest BCUT2D eigenvalue weighted by atomic mass is 35.5. The van der Waals surface area contributed by atoms with Crippen LogP contribution in [0.25, 0.3) is 16.7 Å². The largest absolute Gasteiger partial charge is 0.268 e. The molecule has 2 amide bonds. The molecule has 0 saturated carbocycles. The van der Waals surface area contributed by atoms with E-state index in [0.717, 1.165) is 16.2 Å². The summed E-state index contributed by atoms with van der Waals surface area (Å²) >= 11 is 6.25. The fourth-order valence-electron chi connectivity index (χ4n) is 3.78. The normalized spacial score (nSPS) is 13.4. The summed E-state index contributed by atoms with van der Waals surface area (Å²) in [6, 6.07) is 14.6. The van der Waals surface area contributed by atoms with E-state index in [9.17, 15) is 9.59 Å². The van der Waals surface area contributed by atoms with Crippen molar-refractivity contribution in [1.82, 2.24) is 14.8 Å². The van der Waals surface area contributed by atoms with Gasteiger partial charge in [0.25, 0.3) is 11.8 Å². The molecule has 0 unspecified atom stereocenters. The standard InChI is InChI=1S/C22H15ClN4O2/c1-12-7-3-5-9-16(12)27-20-18(13(2)25-27)19-14(11-24-20)21(28)26(22(19)29)17-10-6-4-8-15(17)23/h3-11H,1-2H3. The van der Waals surface area contributed by atoms with Crippen LogP contribution in [0.4, 0.5) is 5.69 Å². The van der Waals surface area contributed by atoms with Crippen molar-refractivity contribution in [2.45, 2.75) is 13.8 Å². The first-order valence-electron chi connectivity index (χ1n) is 9.06. The Bertz CT molecular complexity index is 1340. The molecule has 2 aromatic carbocycles. The minimum atomic E-state index is -0.435. The number of imide groups is 1. The van der Waals surface area contributed by atoms with Crippen LogP contribution in [0.3, 0.4) is 0 Å². The Balaban J connectivity index is 1.76. The van der Waals surface area contributed by atoms with Crippen molar-refractivity contribution < 1.29 is 9.59 Å². The molecule has 142 valence electrons. The zero-order valence-corrected chi connectivity index (χ0v) is 16.4. The average Bonchev–Trinajstić information content (AvgIpc) is 3.17. The lowest BCUT2D eigenvalue weighted by molar-refractivity contribution is 0.0926. The Morgan fingerprint density at radius 1 is 0.897 bits per heavy atom. The van der Waals surface area contributed by atoms with Crippen LogP contribution in [0.5, 0.6) is 0 Å². The van der Waals surface area contributed by atoms with Crippen LogP contribution in [-0.4, -0.2) is 26.6 Å². The number of pyridine rings is 1. The molecule has 29 heavy (non-hydrogen) atoms. The number of nitrogens with zero attached hydrogens (tertiary/aromatic N) is 4. The van der Waals surface area contributed by atoms with Crippen molar-refractivity contribution in [1.29, 1.82) is 0 Å². The number of fused-ring (bicyclic) bond motifs is 3. The monoisotopic (exact) mass is 402 g/mol. The van der Waals surface area contributed by atoms with Crippen LogP contribution < -0.4 is 4.90 Å². The molecule has 1 aliphatic rings. The third kappa shape index (κ3) is 2.42. The topological polar surface area (TPSA) is 68.1 Å². The molecule has 0 fully saturated rings. The molecule has 2 aromatic heterocycles. The Morgan fingerprint density at radius 2 is 1.59 bits per heavy atom. The van der Waals surface area contributed by atoms with E-state index in [1.807, 2.05) is 38.1 Å². The number of aromatic nitrogens is 3. The maximum absolute atomic E-state index is 13.3. The van der Waals surface area contributed by atoms with Crippen LogP contribution in [0, 0.1) is 13.8 Å². The Morgan fingerprint density at radius 3 is 2.31 bits per heavy atom. The minimum absolute atomic E-state index is 0.259. The highest BCUT2D eigenvalue weighted by Gasteiger charge is 2.40. The van der Waals surface area contributed by atoms with Gasteiger partial charge in [-0.15, -0.1) is 0 Å². The first-order valence-corrected chi connectivity index (χ1v) is 9.44. The fourth-order valence-corrected chi connectivity index (χ4v) is 4.00. The van der Waals surface area contributed by atoms with Crippen LogP contribution in [0.15, 0.2) is 54.7 Å². The number of para-hydroxylation sites is 2. The molecular weight excluding hydrogens is 388 g/mol. The lowest BCUT2D eigenvalue weighted by Gasteiger charge is -2.15. The summed E-state index contributed by atoms with van der Waals surface area (Å²) in [5, 5.41) is 5.53. The number of carbonyl (C=O) groups excluding carboxylic acids is 2. The maximum atomic E-state index is 13.3. The molecule has 6 nitrogen and oxygen atoms in total. The molecule has 1 aliphatic heterocycles. The van der Waals surface area contributed by atoms with E-state index in [0.29, 0.717) is 33.0 Å². The number of anilines is 1. The molecule has 5 rings (SSSR count). The second-order valence-electron chi connectivity index (χ2n) is 6.93. The van der Waals surface area contributed by atoms with Crippen molar-refractivity contribution in [2.75, 3.05) is 4.90 Å². The van der Waals surface area contributed by atoms with Crippen molar-refractivity contribution in [3.05, 3.63) is 82.1 Å². The van der Waals surface area contributed by atoms with Crippen LogP contribution >= 0.6 is 11.6 Å². The molecule has 4 aromatic rings. The third-order valence-electron chi connectivity index (χ3n) is 5.16. The number of halogens is 1. The summed E-state index contributed by atoms with van der Waals surface area (Å²) in [6.07, 6.45) is 1.45. The molecule has 0 atom stereocenters. The summed E-state index contributed by atoms with van der Waals surface area (Å²) < 4.78 is 1.72. The minimum Gasteiger partial charge on any atom is -0.268 e. The van der Waals surface area contributed by atoms with E-state index >= 15 is 0 Å². The smallest absolute Gasteiger partial charge is 0.267 e. The highest BCUT2D eigenvalue weighted by molar-refractivity contribution is 6.41. The molecule has 0 saturated heterocycles. The molecule has 0 radical (unpaired) electrons. The third-order valence-corrected chi connectivity index (χ3v) is 5.48. The number of rotatable bonds is 2. The second-order valence-corrected chi connectivity index (χ2v) is 7.33. The molecule has 7 heteroatoms. The van der Waals surface area contributed by atoms with E-state index in [1.54, 1.807) is 28.9 Å². The van der Waals surface area contributed by atoms with Gasteiger partial charge >= 0.3 is 0 Å². The first-order chi connectivity index (χ1) is 14.0. The summed E-state index contributed by atoms with van der Waals surface area (Å²) in [6.45, 7) is 3.80. The van der Waals surface area contributed by atoms with E-state index in [-0.39, 0.29) is 5.56 Å². The number of aryl methyl sites for hydroxylation is 2.